The van der Waals surface area contributed by atoms with Gasteiger partial charge in [0.25, 0.3) is 5.91 Å². The second kappa shape index (κ2) is 26.3. The van der Waals surface area contributed by atoms with E-state index >= 15 is 0 Å². The number of carboxylic acids is 1. The summed E-state index contributed by atoms with van der Waals surface area (Å²) in [6.07, 6.45) is 5.68. The average molecular weight is 1190 g/mol. The number of nitrogens with zero attached hydrogens (tertiary/aromatic N) is 3. The van der Waals surface area contributed by atoms with Crippen molar-refractivity contribution in [2.45, 2.75) is 76.5 Å². The van der Waals surface area contributed by atoms with Gasteiger partial charge in [0.15, 0.2) is 5.43 Å². The molecule has 1 aliphatic carbocycles. The molecule has 0 saturated carbocycles. The number of fused-ring (bicyclic) bond motifs is 3. The Labute approximate surface area is 453 Å². The van der Waals surface area contributed by atoms with Crippen LogP contribution in [0.2, 0.25) is 0 Å². The van der Waals surface area contributed by atoms with Gasteiger partial charge in [0.2, 0.25) is 11.8 Å². The molecule has 1 fully saturated rings. The number of nitrogens with one attached hydrogen (secondary N) is 3. The zero-order valence-corrected chi connectivity index (χ0v) is 45.4. The van der Waals surface area contributed by atoms with Crippen molar-refractivity contribution in [3.63, 3.8) is 0 Å². The Hall–Kier alpha value is -6.69. The third-order valence-corrected chi connectivity index (χ3v) is 17.4. The molecule has 0 spiro atoms. The Bertz CT molecular complexity index is 3610. The van der Waals surface area contributed by atoms with Crippen molar-refractivity contribution >= 4 is 82.8 Å². The van der Waals surface area contributed by atoms with E-state index < -0.39 is 62.1 Å². The number of amides is 3. The molecular formula is C47H53N7O22P4. The van der Waals surface area contributed by atoms with Crippen LogP contribution in [0.3, 0.4) is 0 Å². The Morgan fingerprint density at radius 1 is 0.775 bits per heavy atom. The number of phosphoric acid groups is 4. The van der Waals surface area contributed by atoms with Crippen molar-refractivity contribution in [2.24, 2.45) is 0 Å². The third-order valence-electron chi connectivity index (χ3n) is 11.9. The van der Waals surface area contributed by atoms with Crippen LogP contribution in [0.5, 0.6) is 5.75 Å². The molecule has 2 aromatic carbocycles. The van der Waals surface area contributed by atoms with Crippen LogP contribution in [0.4, 0.5) is 5.82 Å². The molecular weight excluding hydrogens is 1140 g/mol. The van der Waals surface area contributed by atoms with Gasteiger partial charge >= 0.3 is 37.3 Å². The van der Waals surface area contributed by atoms with Crippen molar-refractivity contribution in [3.05, 3.63) is 94.0 Å². The summed E-state index contributed by atoms with van der Waals surface area (Å²) in [6, 6.07) is 12.8. The minimum absolute atomic E-state index is 0.0200. The maximum atomic E-state index is 13.1. The van der Waals surface area contributed by atoms with E-state index in [4.69, 9.17) is 29.2 Å². The summed E-state index contributed by atoms with van der Waals surface area (Å²) in [5, 5.41) is 29.5. The molecule has 4 aromatic rings. The summed E-state index contributed by atoms with van der Waals surface area (Å²) in [5.41, 5.74) is 7.93. The van der Waals surface area contributed by atoms with Gasteiger partial charge in [0, 0.05) is 66.3 Å². The number of benzene rings is 3. The fourth-order valence-electron chi connectivity index (χ4n) is 8.46. The molecule has 2 aromatic heterocycles. The van der Waals surface area contributed by atoms with Gasteiger partial charge in [-0.2, -0.15) is 12.9 Å². The summed E-state index contributed by atoms with van der Waals surface area (Å²) in [5.74, 6) is 3.84. The van der Waals surface area contributed by atoms with E-state index in [1.807, 2.05) is 0 Å². The lowest BCUT2D eigenvalue weighted by molar-refractivity contribution is -0.122. The SMILES string of the molecule is Nc1ncnc2c1c(C#CCNC(=O)CCCCCNC(=O)CCCCCNC(=O)c1ccc(-c3c4ccc(=O)cc-4oc4cc(O)ccc34)c(C(=O)O)c1)cn2[C@H]1CC[C@@H](COP(=O)(O)OP(=O)(O)OP(=O)(O)OP(=O)(O)O)O1. The van der Waals surface area contributed by atoms with Crippen LogP contribution in [-0.2, 0) is 50.0 Å². The molecule has 0 bridgehead atoms. The third kappa shape index (κ3) is 16.9. The van der Waals surface area contributed by atoms with Crippen LogP contribution in [0.15, 0.2) is 76.3 Å². The maximum absolute atomic E-state index is 13.1. The Kier molecular flexibility index (Phi) is 20.0. The number of carbonyl (C=O) groups excluding carboxylic acids is 3. The number of hydrogen-bond acceptors (Lipinski definition) is 19. The number of hydrogen-bond donors (Lipinski definition) is 11. The fraction of sp³-hybridized carbons (Fsp3) is 0.340. The van der Waals surface area contributed by atoms with Gasteiger partial charge in [-0.1, -0.05) is 30.7 Å². The fourth-order valence-corrected chi connectivity index (χ4v) is 12.9. The highest BCUT2D eigenvalue weighted by Gasteiger charge is 2.45. The molecule has 1 saturated heterocycles. The van der Waals surface area contributed by atoms with Crippen LogP contribution in [-0.4, -0.2) is 105 Å². The molecule has 29 nitrogen and oxygen atoms in total. The Morgan fingerprint density at radius 2 is 1.45 bits per heavy atom. The van der Waals surface area contributed by atoms with Crippen LogP contribution in [0.1, 0.15) is 96.7 Å². The number of carboxylic acid groups (broad SMARTS) is 1. The molecule has 428 valence electrons. The Morgan fingerprint density at radius 3 is 2.16 bits per heavy atom. The minimum atomic E-state index is -5.99. The number of carbonyl (C=O) groups is 4. The number of aromatic hydroxyl groups is 1. The molecule has 3 aliphatic rings. The summed E-state index contributed by atoms with van der Waals surface area (Å²) in [4.78, 5) is 117. The summed E-state index contributed by atoms with van der Waals surface area (Å²) >= 11 is 0. The molecule has 3 amide bonds. The first kappa shape index (κ1) is 60.9. The smallest absolute Gasteiger partial charge is 0.490 e. The zero-order chi connectivity index (χ0) is 58.0. The first-order valence-corrected chi connectivity index (χ1v) is 30.3. The topological polar surface area (TPSA) is 447 Å². The summed E-state index contributed by atoms with van der Waals surface area (Å²) in [6.45, 7) is -0.0329. The lowest BCUT2D eigenvalue weighted by Crippen LogP contribution is -2.25. The predicted octanol–water partition coefficient (Wildman–Crippen LogP) is 5.57. The average Bonchev–Trinajstić information content (AvgIpc) is 4.05. The van der Waals surface area contributed by atoms with E-state index in [0.29, 0.717) is 78.2 Å². The van der Waals surface area contributed by atoms with Crippen LogP contribution in [0.25, 0.3) is 44.5 Å². The maximum Gasteiger partial charge on any atom is 0.490 e. The monoisotopic (exact) mass is 1190 g/mol. The quantitative estimate of drug-likeness (QED) is 0.0137. The normalized spacial score (nSPS) is 16.8. The number of phosphoric ester groups is 1. The molecule has 0 radical (unpaired) electrons. The van der Waals surface area contributed by atoms with Crippen LogP contribution >= 0.6 is 31.3 Å². The number of aromatic nitrogens is 3. The standard InChI is InChI=1S/C47H53N7O22P4/c48-44-42-29(25-54(45(42)53-27-52-44)41-18-14-32(72-41)26-71-78(65,66)75-80(69,70)76-79(67,68)74-77(62,63)64)8-7-21-50-40(58)10-3-1-5-19-49-39(57)9-4-2-6-20-51-46(59)28-11-15-33(36(22-28)47(60)61)43-34-16-12-30(55)23-37(34)73-38-24-31(56)13-17-35(38)43/h11-13,15-17,22-25,27,32,41,55H,1-6,9-10,14,18-21,26H2,(H,49,57)(H,50,58)(H,51,59)(H,60,61)(H,65,66)(H,67,68)(H,69,70)(H2,48,52,53)(H2,62,63,64)/t32-,41+/m0/s1. The second-order valence-corrected chi connectivity index (χ2v) is 23.8. The van der Waals surface area contributed by atoms with E-state index in [1.165, 1.54) is 54.9 Å². The summed E-state index contributed by atoms with van der Waals surface area (Å²) < 4.78 is 75.7. The van der Waals surface area contributed by atoms with Gasteiger partial charge in [-0.25, -0.2) is 33.0 Å². The molecule has 4 heterocycles. The number of rotatable bonds is 26. The lowest BCUT2D eigenvalue weighted by atomic mass is 9.90. The number of nitrogens with two attached hydrogens (primary N) is 1. The van der Waals surface area contributed by atoms with Gasteiger partial charge in [-0.15, -0.1) is 0 Å². The molecule has 12 N–H and O–H groups in total. The van der Waals surface area contributed by atoms with E-state index in [1.54, 1.807) is 16.8 Å². The van der Waals surface area contributed by atoms with Crippen LogP contribution < -0.4 is 27.1 Å². The number of anilines is 1. The van der Waals surface area contributed by atoms with Crippen molar-refractivity contribution in [1.82, 2.24) is 30.5 Å². The number of aromatic carboxylic acids is 1. The number of ether oxygens (including phenoxy) is 1. The van der Waals surface area contributed by atoms with Crippen molar-refractivity contribution in [1.29, 1.82) is 0 Å². The molecule has 2 aliphatic heterocycles. The highest BCUT2D eigenvalue weighted by atomic mass is 31.3. The summed E-state index contributed by atoms with van der Waals surface area (Å²) in [7, 11) is -23.2. The largest absolute Gasteiger partial charge is 0.508 e. The van der Waals surface area contributed by atoms with Crippen molar-refractivity contribution in [2.75, 3.05) is 32.0 Å². The van der Waals surface area contributed by atoms with Gasteiger partial charge in [0.1, 0.15) is 41.1 Å². The zero-order valence-electron chi connectivity index (χ0n) is 41.9. The van der Waals surface area contributed by atoms with E-state index in [-0.39, 0.29) is 95.6 Å². The first-order chi connectivity index (χ1) is 37.8. The van der Waals surface area contributed by atoms with E-state index in [0.717, 1.165) is 0 Å². The molecule has 80 heavy (non-hydrogen) atoms. The second-order valence-electron chi connectivity index (χ2n) is 17.8. The molecule has 7 rings (SSSR count). The first-order valence-electron chi connectivity index (χ1n) is 24.2. The number of unbranched alkanes of at least 4 members (excludes halogenated alkanes) is 4. The van der Waals surface area contributed by atoms with E-state index in [9.17, 15) is 67.1 Å². The lowest BCUT2D eigenvalue weighted by Gasteiger charge is -2.19. The number of nitrogen functional groups attached to an aromatic ring is 1. The highest BCUT2D eigenvalue weighted by Crippen LogP contribution is 2.70. The van der Waals surface area contributed by atoms with Gasteiger partial charge in [-0.05, 0) is 80.5 Å². The van der Waals surface area contributed by atoms with Crippen LogP contribution in [0, 0.1) is 11.8 Å². The van der Waals surface area contributed by atoms with E-state index in [2.05, 4.69) is 50.7 Å². The van der Waals surface area contributed by atoms with Crippen molar-refractivity contribution < 1.29 is 98.7 Å². The number of phenols is 1. The van der Waals surface area contributed by atoms with Gasteiger partial charge in [-0.3, -0.25) is 23.7 Å². The minimum Gasteiger partial charge on any atom is -0.508 e. The molecule has 3 unspecified atom stereocenters. The van der Waals surface area contributed by atoms with Gasteiger partial charge in [0.05, 0.1) is 35.8 Å². The predicted molar refractivity (Wildman–Crippen MR) is 281 cm³/mol. The number of phenolic OH excluding ortho intramolecular Hbond substituents is 1. The van der Waals surface area contributed by atoms with Gasteiger partial charge < -0.3 is 70.1 Å². The van der Waals surface area contributed by atoms with Crippen molar-refractivity contribution in [3.8, 4) is 40.0 Å². The molecule has 33 heteroatoms. The highest BCUT2D eigenvalue weighted by molar-refractivity contribution is 7.69. The molecule has 5 atom stereocenters. The Balaban J connectivity index is 0.772.